The first-order valence-corrected chi connectivity index (χ1v) is 10.6. The Morgan fingerprint density at radius 3 is 2.38 bits per heavy atom. The monoisotopic (exact) mass is 454 g/mol. The number of anilines is 2. The number of nitrogens with one attached hydrogen (secondary N) is 2. The average molecular weight is 455 g/mol. The van der Waals surface area contributed by atoms with Gasteiger partial charge in [0.2, 0.25) is 11.0 Å². The van der Waals surface area contributed by atoms with Gasteiger partial charge in [0.1, 0.15) is 16.5 Å². The Hall–Kier alpha value is -3.79. The average Bonchev–Trinajstić information content (AvgIpc) is 3.16. The third-order valence-corrected chi connectivity index (χ3v) is 4.81. The minimum absolute atomic E-state index is 0.0819. The van der Waals surface area contributed by atoms with Crippen LogP contribution in [0.1, 0.15) is 23.4 Å². The van der Waals surface area contributed by atoms with Crippen molar-refractivity contribution in [2.45, 2.75) is 26.7 Å². The summed E-state index contributed by atoms with van der Waals surface area (Å²) < 4.78 is 10.7. The zero-order valence-electron chi connectivity index (χ0n) is 17.6. The van der Waals surface area contributed by atoms with E-state index >= 15 is 0 Å². The Labute approximate surface area is 188 Å². The predicted molar refractivity (Wildman–Crippen MR) is 120 cm³/mol. The highest BCUT2D eigenvalue weighted by molar-refractivity contribution is 7.15. The molecule has 0 aliphatic rings. The maximum Gasteiger partial charge on any atom is 0.306 e. The highest BCUT2D eigenvalue weighted by Crippen LogP contribution is 2.23. The SMILES string of the molecule is Cc1cccc(Oc2ccc(NC(=O)COC(=O)CCC(=O)Nc3nnc(C)s3)cc2)c1. The van der Waals surface area contributed by atoms with Crippen LogP contribution in [-0.4, -0.2) is 34.6 Å². The molecule has 1 aromatic heterocycles. The molecule has 1 heterocycles. The number of carbonyl (C=O) groups is 3. The fourth-order valence-corrected chi connectivity index (χ4v) is 3.19. The van der Waals surface area contributed by atoms with Crippen molar-refractivity contribution >= 4 is 39.9 Å². The first-order chi connectivity index (χ1) is 15.4. The van der Waals surface area contributed by atoms with Crippen LogP contribution in [0.25, 0.3) is 0 Å². The highest BCUT2D eigenvalue weighted by atomic mass is 32.1. The Kier molecular flexibility index (Phi) is 7.87. The number of hydrogen-bond acceptors (Lipinski definition) is 8. The van der Waals surface area contributed by atoms with E-state index in [0.717, 1.165) is 16.3 Å². The third kappa shape index (κ3) is 7.47. The van der Waals surface area contributed by atoms with Gasteiger partial charge in [0.15, 0.2) is 6.61 Å². The molecule has 0 unspecified atom stereocenters. The van der Waals surface area contributed by atoms with Crippen molar-refractivity contribution in [1.82, 2.24) is 10.2 Å². The molecule has 166 valence electrons. The Morgan fingerprint density at radius 1 is 0.906 bits per heavy atom. The summed E-state index contributed by atoms with van der Waals surface area (Å²) in [6.07, 6.45) is -0.233. The summed E-state index contributed by atoms with van der Waals surface area (Å²) >= 11 is 1.24. The largest absolute Gasteiger partial charge is 0.457 e. The molecular formula is C22H22N4O5S. The van der Waals surface area contributed by atoms with Crippen molar-refractivity contribution in [3.63, 3.8) is 0 Å². The lowest BCUT2D eigenvalue weighted by Gasteiger charge is -2.09. The van der Waals surface area contributed by atoms with Crippen LogP contribution in [0.2, 0.25) is 0 Å². The van der Waals surface area contributed by atoms with Gasteiger partial charge in [-0.1, -0.05) is 23.5 Å². The Balaban J connectivity index is 1.36. The van der Waals surface area contributed by atoms with Gasteiger partial charge in [-0.3, -0.25) is 14.4 Å². The van der Waals surface area contributed by atoms with Crippen molar-refractivity contribution in [3.05, 3.63) is 59.1 Å². The number of hydrogen-bond donors (Lipinski definition) is 2. The molecule has 2 N–H and O–H groups in total. The van der Waals surface area contributed by atoms with Crippen LogP contribution in [0.15, 0.2) is 48.5 Å². The normalized spacial score (nSPS) is 10.3. The van der Waals surface area contributed by atoms with E-state index in [2.05, 4.69) is 20.8 Å². The van der Waals surface area contributed by atoms with Crippen molar-refractivity contribution in [2.24, 2.45) is 0 Å². The lowest BCUT2D eigenvalue weighted by molar-refractivity contribution is -0.147. The molecule has 10 heteroatoms. The van der Waals surface area contributed by atoms with Crippen molar-refractivity contribution in [1.29, 1.82) is 0 Å². The van der Waals surface area contributed by atoms with Crippen molar-refractivity contribution in [3.8, 4) is 11.5 Å². The maximum absolute atomic E-state index is 12.0. The summed E-state index contributed by atoms with van der Waals surface area (Å²) in [6, 6.07) is 14.5. The van der Waals surface area contributed by atoms with Crippen LogP contribution < -0.4 is 15.4 Å². The van der Waals surface area contributed by atoms with Crippen LogP contribution in [0, 0.1) is 13.8 Å². The molecule has 0 aliphatic carbocycles. The molecule has 9 nitrogen and oxygen atoms in total. The van der Waals surface area contributed by atoms with Gasteiger partial charge in [0.05, 0.1) is 6.42 Å². The number of carbonyl (C=O) groups excluding carboxylic acids is 3. The number of rotatable bonds is 9. The zero-order valence-corrected chi connectivity index (χ0v) is 18.4. The van der Waals surface area contributed by atoms with Crippen LogP contribution in [0.5, 0.6) is 11.5 Å². The highest BCUT2D eigenvalue weighted by Gasteiger charge is 2.12. The maximum atomic E-state index is 12.0. The number of amides is 2. The molecule has 0 atom stereocenters. The van der Waals surface area contributed by atoms with Gasteiger partial charge < -0.3 is 20.1 Å². The zero-order chi connectivity index (χ0) is 22.9. The van der Waals surface area contributed by atoms with Gasteiger partial charge in [-0.15, -0.1) is 10.2 Å². The lowest BCUT2D eigenvalue weighted by atomic mass is 10.2. The van der Waals surface area contributed by atoms with Crippen LogP contribution in [0.4, 0.5) is 10.8 Å². The molecule has 2 aromatic carbocycles. The minimum atomic E-state index is -0.648. The summed E-state index contributed by atoms with van der Waals surface area (Å²) in [4.78, 5) is 35.6. The van der Waals surface area contributed by atoms with Gasteiger partial charge in [-0.25, -0.2) is 0 Å². The second-order valence-electron chi connectivity index (χ2n) is 6.83. The van der Waals surface area contributed by atoms with Gasteiger partial charge in [-0.2, -0.15) is 0 Å². The van der Waals surface area contributed by atoms with E-state index in [9.17, 15) is 14.4 Å². The number of aryl methyl sites for hydroxylation is 2. The van der Waals surface area contributed by atoms with Crippen LogP contribution in [-0.2, 0) is 19.1 Å². The fraction of sp³-hybridized carbons (Fsp3) is 0.227. The van der Waals surface area contributed by atoms with Crippen LogP contribution in [0.3, 0.4) is 0 Å². The molecule has 0 radical (unpaired) electrons. The van der Waals surface area contributed by atoms with E-state index in [4.69, 9.17) is 9.47 Å². The first-order valence-electron chi connectivity index (χ1n) is 9.77. The quantitative estimate of drug-likeness (QED) is 0.471. The summed E-state index contributed by atoms with van der Waals surface area (Å²) in [5, 5.41) is 13.8. The molecule has 32 heavy (non-hydrogen) atoms. The standard InChI is InChI=1S/C22H22N4O5S/c1-14-4-3-5-18(12-14)31-17-8-6-16(7-9-17)23-20(28)13-30-21(29)11-10-19(27)24-22-26-25-15(2)32-22/h3-9,12H,10-11,13H2,1-2H3,(H,23,28)(H,24,26,27). The molecule has 3 rings (SSSR count). The van der Waals surface area contributed by atoms with Crippen molar-refractivity contribution < 1.29 is 23.9 Å². The summed E-state index contributed by atoms with van der Waals surface area (Å²) in [7, 11) is 0. The minimum Gasteiger partial charge on any atom is -0.457 e. The van der Waals surface area contributed by atoms with Crippen LogP contribution >= 0.6 is 11.3 Å². The van der Waals surface area contributed by atoms with Gasteiger partial charge in [0, 0.05) is 12.1 Å². The molecule has 0 bridgehead atoms. The van der Waals surface area contributed by atoms with Gasteiger partial charge >= 0.3 is 5.97 Å². The van der Waals surface area contributed by atoms with E-state index in [1.165, 1.54) is 11.3 Å². The number of ether oxygens (including phenoxy) is 2. The molecule has 0 spiro atoms. The summed E-state index contributed by atoms with van der Waals surface area (Å²) in [6.45, 7) is 3.30. The van der Waals surface area contributed by atoms with E-state index in [1.54, 1.807) is 31.2 Å². The molecule has 0 saturated carbocycles. The van der Waals surface area contributed by atoms with E-state index in [1.807, 2.05) is 31.2 Å². The van der Waals surface area contributed by atoms with Crippen molar-refractivity contribution in [2.75, 3.05) is 17.2 Å². The predicted octanol–water partition coefficient (Wildman–Crippen LogP) is 3.85. The molecule has 0 fully saturated rings. The molecule has 3 aromatic rings. The number of benzene rings is 2. The van der Waals surface area contributed by atoms with Gasteiger partial charge in [0.25, 0.3) is 5.91 Å². The Bertz CT molecular complexity index is 1100. The smallest absolute Gasteiger partial charge is 0.306 e. The Morgan fingerprint density at radius 2 is 1.69 bits per heavy atom. The number of esters is 1. The first kappa shape index (κ1) is 22.9. The van der Waals surface area contributed by atoms with E-state index < -0.39 is 18.5 Å². The number of aromatic nitrogens is 2. The second kappa shape index (κ2) is 11.0. The van der Waals surface area contributed by atoms with E-state index in [0.29, 0.717) is 16.6 Å². The molecule has 0 saturated heterocycles. The second-order valence-corrected chi connectivity index (χ2v) is 8.01. The van der Waals surface area contributed by atoms with Gasteiger partial charge in [-0.05, 0) is 55.8 Å². The fourth-order valence-electron chi connectivity index (χ4n) is 2.58. The molecule has 0 aliphatic heterocycles. The third-order valence-electron chi connectivity index (χ3n) is 4.06. The number of nitrogens with zero attached hydrogens (tertiary/aromatic N) is 2. The summed E-state index contributed by atoms with van der Waals surface area (Å²) in [5.74, 6) is -0.163. The van der Waals surface area contributed by atoms with E-state index in [-0.39, 0.29) is 18.7 Å². The summed E-state index contributed by atoms with van der Waals surface area (Å²) in [5.41, 5.74) is 1.63. The lowest BCUT2D eigenvalue weighted by Crippen LogP contribution is -2.21. The topological polar surface area (TPSA) is 120 Å². The molecular weight excluding hydrogens is 432 g/mol. The molecule has 2 amide bonds.